The standard InChI is InChI=1S/C25H20F3N3O2/c26-25(27,28)24-20(17-32)4-2-6-22(24)30-11-13-31(14-12-30)23-10-9-19(16-29-23)8-7-18-3-1-5-21(33)15-18/h1-6,9-10,15-17,33H,11-14H2. The third-order valence-corrected chi connectivity index (χ3v) is 5.37. The molecule has 0 radical (unpaired) electrons. The molecule has 1 aliphatic heterocycles. The second kappa shape index (κ2) is 9.25. The highest BCUT2D eigenvalue weighted by molar-refractivity contribution is 5.81. The summed E-state index contributed by atoms with van der Waals surface area (Å²) in [5.74, 6) is 6.82. The maximum atomic E-state index is 13.6. The van der Waals surface area contributed by atoms with Crippen molar-refractivity contribution in [2.24, 2.45) is 0 Å². The van der Waals surface area contributed by atoms with Crippen molar-refractivity contribution in [1.82, 2.24) is 4.98 Å². The Morgan fingerprint density at radius 1 is 0.909 bits per heavy atom. The van der Waals surface area contributed by atoms with Gasteiger partial charge < -0.3 is 14.9 Å². The normalized spacial score (nSPS) is 13.9. The van der Waals surface area contributed by atoms with Gasteiger partial charge in [-0.1, -0.05) is 30.0 Å². The molecule has 33 heavy (non-hydrogen) atoms. The van der Waals surface area contributed by atoms with Crippen molar-refractivity contribution in [3.05, 3.63) is 83.0 Å². The minimum atomic E-state index is -4.61. The average Bonchev–Trinajstić information content (AvgIpc) is 2.82. The number of benzene rings is 2. The molecule has 1 fully saturated rings. The number of aromatic hydroxyl groups is 1. The molecule has 0 aliphatic carbocycles. The summed E-state index contributed by atoms with van der Waals surface area (Å²) in [5, 5.41) is 9.50. The maximum Gasteiger partial charge on any atom is 0.419 e. The van der Waals surface area contributed by atoms with E-state index < -0.39 is 11.7 Å². The van der Waals surface area contributed by atoms with E-state index in [0.29, 0.717) is 37.3 Å². The first-order valence-electron chi connectivity index (χ1n) is 10.3. The zero-order valence-corrected chi connectivity index (χ0v) is 17.5. The van der Waals surface area contributed by atoms with Crippen LogP contribution in [0.4, 0.5) is 24.7 Å². The number of anilines is 2. The quantitative estimate of drug-likeness (QED) is 0.474. The van der Waals surface area contributed by atoms with E-state index in [1.165, 1.54) is 18.2 Å². The summed E-state index contributed by atoms with van der Waals surface area (Å²) in [6.45, 7) is 1.71. The van der Waals surface area contributed by atoms with E-state index in [2.05, 4.69) is 16.8 Å². The summed E-state index contributed by atoms with van der Waals surface area (Å²) in [6, 6.07) is 14.4. The third-order valence-electron chi connectivity index (χ3n) is 5.37. The van der Waals surface area contributed by atoms with Gasteiger partial charge in [0.2, 0.25) is 0 Å². The molecule has 2 heterocycles. The van der Waals surface area contributed by atoms with E-state index in [1.54, 1.807) is 35.4 Å². The van der Waals surface area contributed by atoms with Gasteiger partial charge in [0, 0.05) is 54.8 Å². The van der Waals surface area contributed by atoms with Crippen molar-refractivity contribution in [3.8, 4) is 17.6 Å². The topological polar surface area (TPSA) is 56.7 Å². The molecule has 0 saturated carbocycles. The SMILES string of the molecule is O=Cc1cccc(N2CCN(c3ccc(C#Cc4cccc(O)c4)cn3)CC2)c1C(F)(F)F. The lowest BCUT2D eigenvalue weighted by molar-refractivity contribution is -0.137. The fourth-order valence-corrected chi connectivity index (χ4v) is 3.78. The maximum absolute atomic E-state index is 13.6. The molecule has 3 aromatic rings. The van der Waals surface area contributed by atoms with Crippen LogP contribution in [0, 0.1) is 11.8 Å². The molecular formula is C25H20F3N3O2. The van der Waals surface area contributed by atoms with Gasteiger partial charge in [0.05, 0.1) is 5.56 Å². The lowest BCUT2D eigenvalue weighted by Crippen LogP contribution is -2.47. The van der Waals surface area contributed by atoms with Crippen LogP contribution in [0.3, 0.4) is 0 Å². The van der Waals surface area contributed by atoms with Gasteiger partial charge in [-0.15, -0.1) is 0 Å². The van der Waals surface area contributed by atoms with Crippen LogP contribution in [-0.4, -0.2) is 42.6 Å². The van der Waals surface area contributed by atoms with E-state index >= 15 is 0 Å². The second-order valence-electron chi connectivity index (χ2n) is 7.54. The van der Waals surface area contributed by atoms with Gasteiger partial charge >= 0.3 is 6.18 Å². The Labute approximate surface area is 189 Å². The van der Waals surface area contributed by atoms with Crippen molar-refractivity contribution < 1.29 is 23.1 Å². The van der Waals surface area contributed by atoms with Crippen LogP contribution in [0.15, 0.2) is 60.8 Å². The number of carbonyl (C=O) groups excluding carboxylic acids is 1. The average molecular weight is 451 g/mol. The van der Waals surface area contributed by atoms with E-state index in [4.69, 9.17) is 0 Å². The number of aldehydes is 1. The predicted octanol–water partition coefficient (Wildman–Crippen LogP) is 4.34. The number of phenolic OH excluding ortho intramolecular Hbond substituents is 1. The Kier molecular flexibility index (Phi) is 6.22. The summed E-state index contributed by atoms with van der Waals surface area (Å²) >= 11 is 0. The molecule has 1 N–H and O–H groups in total. The van der Waals surface area contributed by atoms with Gasteiger partial charge in [0.1, 0.15) is 11.6 Å². The number of phenols is 1. The van der Waals surface area contributed by atoms with Crippen LogP contribution in [0.25, 0.3) is 0 Å². The van der Waals surface area contributed by atoms with Crippen molar-refractivity contribution in [3.63, 3.8) is 0 Å². The molecule has 1 saturated heterocycles. The van der Waals surface area contributed by atoms with Crippen molar-refractivity contribution >= 4 is 17.8 Å². The molecule has 0 unspecified atom stereocenters. The summed E-state index contributed by atoms with van der Waals surface area (Å²) in [4.78, 5) is 19.3. The molecule has 5 nitrogen and oxygen atoms in total. The van der Waals surface area contributed by atoms with Crippen LogP contribution in [0.5, 0.6) is 5.75 Å². The highest BCUT2D eigenvalue weighted by Gasteiger charge is 2.38. The van der Waals surface area contributed by atoms with Crippen molar-refractivity contribution in [1.29, 1.82) is 0 Å². The number of hydrogen-bond donors (Lipinski definition) is 1. The molecule has 0 atom stereocenters. The molecule has 168 valence electrons. The van der Waals surface area contributed by atoms with Crippen LogP contribution in [0.1, 0.15) is 27.0 Å². The van der Waals surface area contributed by atoms with E-state index in [0.717, 1.165) is 5.82 Å². The smallest absolute Gasteiger partial charge is 0.419 e. The number of piperazine rings is 1. The van der Waals surface area contributed by atoms with Gasteiger partial charge in [-0.05, 0) is 36.4 Å². The highest BCUT2D eigenvalue weighted by Crippen LogP contribution is 2.39. The highest BCUT2D eigenvalue weighted by atomic mass is 19.4. The zero-order chi connectivity index (χ0) is 23.4. The Balaban J connectivity index is 1.45. The van der Waals surface area contributed by atoms with E-state index in [9.17, 15) is 23.1 Å². The third kappa shape index (κ3) is 5.09. The summed E-state index contributed by atoms with van der Waals surface area (Å²) < 4.78 is 40.8. The van der Waals surface area contributed by atoms with Crippen molar-refractivity contribution in [2.75, 3.05) is 36.0 Å². The van der Waals surface area contributed by atoms with E-state index in [1.807, 2.05) is 17.0 Å². The number of carbonyl (C=O) groups is 1. The van der Waals surface area contributed by atoms with E-state index in [-0.39, 0.29) is 23.3 Å². The van der Waals surface area contributed by atoms with Crippen LogP contribution in [-0.2, 0) is 6.18 Å². The number of hydrogen-bond acceptors (Lipinski definition) is 5. The van der Waals surface area contributed by atoms with Gasteiger partial charge in [0.15, 0.2) is 6.29 Å². The number of nitrogens with zero attached hydrogens (tertiary/aromatic N) is 3. The van der Waals surface area contributed by atoms with Crippen LogP contribution < -0.4 is 9.80 Å². The monoisotopic (exact) mass is 451 g/mol. The number of aromatic nitrogens is 1. The Morgan fingerprint density at radius 3 is 2.24 bits per heavy atom. The second-order valence-corrected chi connectivity index (χ2v) is 7.54. The molecule has 8 heteroatoms. The minimum Gasteiger partial charge on any atom is -0.508 e. The Morgan fingerprint density at radius 2 is 1.61 bits per heavy atom. The Bertz CT molecular complexity index is 1210. The van der Waals surface area contributed by atoms with Gasteiger partial charge in [-0.3, -0.25) is 4.79 Å². The van der Waals surface area contributed by atoms with Crippen molar-refractivity contribution in [2.45, 2.75) is 6.18 Å². The molecule has 4 rings (SSSR count). The summed E-state index contributed by atoms with van der Waals surface area (Å²) in [5.41, 5.74) is 0.179. The van der Waals surface area contributed by atoms with Gasteiger partial charge in [0.25, 0.3) is 0 Å². The first kappa shape index (κ1) is 22.2. The lowest BCUT2D eigenvalue weighted by Gasteiger charge is -2.37. The molecular weight excluding hydrogens is 431 g/mol. The number of halogens is 3. The number of pyridine rings is 1. The van der Waals surface area contributed by atoms with Gasteiger partial charge in [-0.25, -0.2) is 4.98 Å². The zero-order valence-electron chi connectivity index (χ0n) is 17.5. The van der Waals surface area contributed by atoms with Crippen LogP contribution >= 0.6 is 0 Å². The largest absolute Gasteiger partial charge is 0.508 e. The fraction of sp³-hybridized carbons (Fsp3) is 0.200. The molecule has 0 amide bonds. The molecule has 1 aromatic heterocycles. The first-order valence-corrected chi connectivity index (χ1v) is 10.3. The van der Waals surface area contributed by atoms with Gasteiger partial charge in [-0.2, -0.15) is 13.2 Å². The molecule has 2 aromatic carbocycles. The lowest BCUT2D eigenvalue weighted by atomic mass is 10.0. The fourth-order valence-electron chi connectivity index (χ4n) is 3.78. The number of alkyl halides is 3. The summed E-state index contributed by atoms with van der Waals surface area (Å²) in [6.07, 6.45) is -2.72. The minimum absolute atomic E-state index is 0.0253. The predicted molar refractivity (Wildman–Crippen MR) is 120 cm³/mol. The molecule has 0 spiro atoms. The molecule has 0 bridgehead atoms. The molecule has 1 aliphatic rings. The Hall–Kier alpha value is -3.99. The first-order chi connectivity index (χ1) is 15.8. The summed E-state index contributed by atoms with van der Waals surface area (Å²) in [7, 11) is 0. The van der Waals surface area contributed by atoms with Crippen LogP contribution in [0.2, 0.25) is 0 Å². The number of rotatable bonds is 3.